The number of aromatic nitrogens is 2. The standard InChI is InChI=1S/C12H17N3O2S/c1-2-10-11(18-14-13-10)12(17)15-7-3-4-8(15)6-9(16)5-7/h7-9,16H,2-6H2,1H3. The number of aryl methyl sites for hydroxylation is 1. The molecular formula is C12H17N3O2S. The summed E-state index contributed by atoms with van der Waals surface area (Å²) in [6.45, 7) is 1.99. The fourth-order valence-electron chi connectivity index (χ4n) is 3.20. The highest BCUT2D eigenvalue weighted by Gasteiger charge is 2.43. The van der Waals surface area contributed by atoms with Crippen LogP contribution in [0.15, 0.2) is 0 Å². The van der Waals surface area contributed by atoms with Crippen LogP contribution in [0, 0.1) is 0 Å². The van der Waals surface area contributed by atoms with Crippen LogP contribution in [-0.2, 0) is 6.42 Å². The van der Waals surface area contributed by atoms with Gasteiger partial charge in [0, 0.05) is 12.1 Å². The Hall–Kier alpha value is -1.01. The summed E-state index contributed by atoms with van der Waals surface area (Å²) in [6.07, 6.45) is 3.97. The molecule has 5 nitrogen and oxygen atoms in total. The monoisotopic (exact) mass is 267 g/mol. The van der Waals surface area contributed by atoms with Gasteiger partial charge in [0.15, 0.2) is 0 Å². The van der Waals surface area contributed by atoms with Crippen molar-refractivity contribution in [3.8, 4) is 0 Å². The molecule has 2 bridgehead atoms. The molecule has 2 atom stereocenters. The molecule has 1 N–H and O–H groups in total. The molecule has 2 aliphatic heterocycles. The number of nitrogens with zero attached hydrogens (tertiary/aromatic N) is 3. The number of aliphatic hydroxyl groups excluding tert-OH is 1. The van der Waals surface area contributed by atoms with E-state index in [4.69, 9.17) is 0 Å². The van der Waals surface area contributed by atoms with Gasteiger partial charge in [-0.2, -0.15) is 0 Å². The van der Waals surface area contributed by atoms with Gasteiger partial charge in [-0.1, -0.05) is 11.4 Å². The van der Waals surface area contributed by atoms with Crippen LogP contribution < -0.4 is 0 Å². The average molecular weight is 267 g/mol. The lowest BCUT2D eigenvalue weighted by molar-refractivity contribution is 0.0289. The number of carbonyl (C=O) groups is 1. The molecule has 0 radical (unpaired) electrons. The predicted molar refractivity (Wildman–Crippen MR) is 67.5 cm³/mol. The van der Waals surface area contributed by atoms with Gasteiger partial charge in [0.1, 0.15) is 4.88 Å². The van der Waals surface area contributed by atoms with Gasteiger partial charge < -0.3 is 10.0 Å². The van der Waals surface area contributed by atoms with Gasteiger partial charge in [-0.15, -0.1) is 5.10 Å². The van der Waals surface area contributed by atoms with E-state index < -0.39 is 0 Å². The summed E-state index contributed by atoms with van der Waals surface area (Å²) in [7, 11) is 0. The van der Waals surface area contributed by atoms with Gasteiger partial charge in [0.2, 0.25) is 0 Å². The van der Waals surface area contributed by atoms with E-state index in [9.17, 15) is 9.90 Å². The van der Waals surface area contributed by atoms with E-state index in [1.807, 2.05) is 11.8 Å². The Kier molecular flexibility index (Phi) is 3.07. The van der Waals surface area contributed by atoms with Gasteiger partial charge >= 0.3 is 0 Å². The first kappa shape index (κ1) is 12.0. The molecule has 3 rings (SSSR count). The van der Waals surface area contributed by atoms with Crippen LogP contribution in [0.3, 0.4) is 0 Å². The van der Waals surface area contributed by atoms with E-state index >= 15 is 0 Å². The summed E-state index contributed by atoms with van der Waals surface area (Å²) in [5.41, 5.74) is 0.801. The number of piperidine rings is 1. The molecule has 0 aliphatic carbocycles. The van der Waals surface area contributed by atoms with Crippen LogP contribution in [-0.4, -0.2) is 43.7 Å². The first-order valence-electron chi connectivity index (χ1n) is 6.52. The first-order valence-corrected chi connectivity index (χ1v) is 7.30. The first-order chi connectivity index (χ1) is 8.70. The molecule has 2 saturated heterocycles. The molecule has 2 unspecified atom stereocenters. The van der Waals surface area contributed by atoms with Crippen molar-refractivity contribution in [1.82, 2.24) is 14.5 Å². The minimum Gasteiger partial charge on any atom is -0.393 e. The highest BCUT2D eigenvalue weighted by Crippen LogP contribution is 2.37. The summed E-state index contributed by atoms with van der Waals surface area (Å²) < 4.78 is 3.89. The van der Waals surface area contributed by atoms with Crippen molar-refractivity contribution in [2.24, 2.45) is 0 Å². The molecular weight excluding hydrogens is 250 g/mol. The number of fused-ring (bicyclic) bond motifs is 2. The van der Waals surface area contributed by atoms with Crippen molar-refractivity contribution in [3.05, 3.63) is 10.6 Å². The van der Waals surface area contributed by atoms with Gasteiger partial charge in [0.05, 0.1) is 11.8 Å². The molecule has 2 aliphatic rings. The van der Waals surface area contributed by atoms with Crippen molar-refractivity contribution in [1.29, 1.82) is 0 Å². The molecule has 1 aromatic heterocycles. The maximum absolute atomic E-state index is 12.6. The maximum atomic E-state index is 12.6. The molecule has 2 fully saturated rings. The summed E-state index contributed by atoms with van der Waals surface area (Å²) >= 11 is 1.19. The number of amides is 1. The van der Waals surface area contributed by atoms with Gasteiger partial charge in [-0.25, -0.2) is 0 Å². The highest BCUT2D eigenvalue weighted by atomic mass is 32.1. The Balaban J connectivity index is 1.85. The Bertz CT molecular complexity index is 448. The third-order valence-corrected chi connectivity index (χ3v) is 4.78. The van der Waals surface area contributed by atoms with Crippen LogP contribution in [0.2, 0.25) is 0 Å². The van der Waals surface area contributed by atoms with E-state index in [0.717, 1.165) is 37.8 Å². The zero-order chi connectivity index (χ0) is 12.7. The van der Waals surface area contributed by atoms with Crippen molar-refractivity contribution in [2.45, 2.75) is 57.2 Å². The predicted octanol–water partition coefficient (Wildman–Crippen LogP) is 1.23. The zero-order valence-corrected chi connectivity index (χ0v) is 11.2. The molecule has 98 valence electrons. The lowest BCUT2D eigenvalue weighted by Gasteiger charge is -2.36. The summed E-state index contributed by atoms with van der Waals surface area (Å²) in [5.74, 6) is 0.0706. The van der Waals surface area contributed by atoms with Crippen molar-refractivity contribution in [2.75, 3.05) is 0 Å². The number of aliphatic hydroxyl groups is 1. The largest absolute Gasteiger partial charge is 0.393 e. The lowest BCUT2D eigenvalue weighted by Crippen LogP contribution is -2.48. The Morgan fingerprint density at radius 2 is 2.11 bits per heavy atom. The normalized spacial score (nSPS) is 30.8. The topological polar surface area (TPSA) is 66.3 Å². The SMILES string of the molecule is CCc1nnsc1C(=O)N1C2CCC1CC(O)C2. The molecule has 1 aromatic rings. The van der Waals surface area contributed by atoms with Crippen molar-refractivity contribution >= 4 is 17.4 Å². The minimum atomic E-state index is -0.239. The van der Waals surface area contributed by atoms with Crippen LogP contribution in [0.1, 0.15) is 48.0 Å². The second-order valence-corrected chi connectivity index (χ2v) is 5.88. The minimum absolute atomic E-state index is 0.0706. The van der Waals surface area contributed by atoms with E-state index in [0.29, 0.717) is 4.88 Å². The smallest absolute Gasteiger partial charge is 0.268 e. The second-order valence-electron chi connectivity index (χ2n) is 5.12. The number of hydrogen-bond donors (Lipinski definition) is 1. The summed E-state index contributed by atoms with van der Waals surface area (Å²) in [5, 5.41) is 13.8. The third kappa shape index (κ3) is 1.83. The maximum Gasteiger partial charge on any atom is 0.268 e. The van der Waals surface area contributed by atoms with E-state index in [1.165, 1.54) is 11.5 Å². The fourth-order valence-corrected chi connectivity index (χ4v) is 3.89. The molecule has 18 heavy (non-hydrogen) atoms. The Labute approximate surface area is 110 Å². The molecule has 3 heterocycles. The van der Waals surface area contributed by atoms with Crippen LogP contribution in [0.4, 0.5) is 0 Å². The molecule has 0 spiro atoms. The van der Waals surface area contributed by atoms with Crippen molar-refractivity contribution in [3.63, 3.8) is 0 Å². The van der Waals surface area contributed by atoms with Crippen molar-refractivity contribution < 1.29 is 9.90 Å². The number of rotatable bonds is 2. The fraction of sp³-hybridized carbons (Fsp3) is 0.750. The van der Waals surface area contributed by atoms with Gasteiger partial charge in [-0.3, -0.25) is 4.79 Å². The highest BCUT2D eigenvalue weighted by molar-refractivity contribution is 7.08. The second kappa shape index (κ2) is 4.59. The van der Waals surface area contributed by atoms with E-state index in [1.54, 1.807) is 0 Å². The van der Waals surface area contributed by atoms with E-state index in [-0.39, 0.29) is 24.1 Å². The average Bonchev–Trinajstić information content (AvgIpc) is 2.92. The van der Waals surface area contributed by atoms with Crippen LogP contribution in [0.5, 0.6) is 0 Å². The Morgan fingerprint density at radius 3 is 2.72 bits per heavy atom. The molecule has 0 saturated carbocycles. The van der Waals surface area contributed by atoms with Gasteiger partial charge in [0.25, 0.3) is 5.91 Å². The zero-order valence-electron chi connectivity index (χ0n) is 10.4. The summed E-state index contributed by atoms with van der Waals surface area (Å²) in [4.78, 5) is 15.2. The van der Waals surface area contributed by atoms with Crippen LogP contribution in [0.25, 0.3) is 0 Å². The third-order valence-electron chi connectivity index (χ3n) is 4.03. The lowest BCUT2D eigenvalue weighted by atomic mass is 9.99. The number of carbonyl (C=O) groups excluding carboxylic acids is 1. The number of hydrogen-bond acceptors (Lipinski definition) is 5. The quantitative estimate of drug-likeness (QED) is 0.875. The Morgan fingerprint density at radius 1 is 1.44 bits per heavy atom. The van der Waals surface area contributed by atoms with E-state index in [2.05, 4.69) is 9.59 Å². The molecule has 1 amide bonds. The molecule has 6 heteroatoms. The van der Waals surface area contributed by atoms with Crippen LogP contribution >= 0.6 is 11.5 Å². The summed E-state index contributed by atoms with van der Waals surface area (Å²) in [6, 6.07) is 0.413. The van der Waals surface area contributed by atoms with Gasteiger partial charge in [-0.05, 0) is 43.6 Å². The molecule has 0 aromatic carbocycles.